The minimum absolute atomic E-state index is 0.393. The van der Waals surface area contributed by atoms with Gasteiger partial charge in [-0.1, -0.05) is 0 Å². The zero-order valence-corrected chi connectivity index (χ0v) is 14.0. The molecule has 25 heavy (non-hydrogen) atoms. The van der Waals surface area contributed by atoms with E-state index in [2.05, 4.69) is 14.9 Å². The highest BCUT2D eigenvalue weighted by atomic mass is 16.6. The van der Waals surface area contributed by atoms with Gasteiger partial charge in [0.1, 0.15) is 36.1 Å². The summed E-state index contributed by atoms with van der Waals surface area (Å²) < 4.78 is 7.74. The highest BCUT2D eigenvalue weighted by molar-refractivity contribution is 5.89. The van der Waals surface area contributed by atoms with Crippen LogP contribution < -0.4 is 11.5 Å². The second-order valence-corrected chi connectivity index (χ2v) is 6.76. The topological polar surface area (TPSA) is 135 Å². The standard InChI is InChI=1S/C16H24N6O3/c17-3-1-2-9-6-22(15-11(9)14(18)19-8-20-15)16-13(24)12(23)10(25-16)7-21-4-5-21/h6,8,10,12-13,16,23-24H,1-5,7,17H2,(H2,18,19,20)/t10-,12?,13?,16-/m1/s1. The van der Waals surface area contributed by atoms with Crippen LogP contribution in [0, 0.1) is 0 Å². The van der Waals surface area contributed by atoms with Gasteiger partial charge in [-0.3, -0.25) is 4.90 Å². The normalized spacial score (nSPS) is 29.6. The Morgan fingerprint density at radius 1 is 1.24 bits per heavy atom. The van der Waals surface area contributed by atoms with E-state index in [1.54, 1.807) is 4.57 Å². The number of aryl methyl sites for hydroxylation is 1. The van der Waals surface area contributed by atoms with Gasteiger partial charge in [-0.2, -0.15) is 0 Å². The van der Waals surface area contributed by atoms with Crippen LogP contribution in [0.4, 0.5) is 5.82 Å². The van der Waals surface area contributed by atoms with Crippen LogP contribution in [0.5, 0.6) is 0 Å². The van der Waals surface area contributed by atoms with Crippen LogP contribution >= 0.6 is 0 Å². The maximum Gasteiger partial charge on any atom is 0.164 e. The molecule has 0 aliphatic carbocycles. The van der Waals surface area contributed by atoms with Crippen molar-refractivity contribution in [1.82, 2.24) is 19.4 Å². The van der Waals surface area contributed by atoms with Crippen LogP contribution in [-0.2, 0) is 11.2 Å². The smallest absolute Gasteiger partial charge is 0.164 e. The van der Waals surface area contributed by atoms with Crippen LogP contribution in [-0.4, -0.2) is 74.1 Å². The molecule has 0 bridgehead atoms. The molecule has 2 aromatic heterocycles. The first-order valence-corrected chi connectivity index (χ1v) is 8.64. The van der Waals surface area contributed by atoms with Crippen molar-refractivity contribution in [1.29, 1.82) is 0 Å². The van der Waals surface area contributed by atoms with Crippen LogP contribution in [0.3, 0.4) is 0 Å². The first-order chi connectivity index (χ1) is 12.1. The Bertz CT molecular complexity index is 762. The Morgan fingerprint density at radius 3 is 2.76 bits per heavy atom. The highest BCUT2D eigenvalue weighted by Crippen LogP contribution is 2.35. The van der Waals surface area contributed by atoms with Gasteiger partial charge < -0.3 is 31.0 Å². The summed E-state index contributed by atoms with van der Waals surface area (Å²) >= 11 is 0. The molecule has 9 nitrogen and oxygen atoms in total. The Hall–Kier alpha value is -1.78. The lowest BCUT2D eigenvalue weighted by Gasteiger charge is -2.17. The molecule has 0 amide bonds. The molecule has 2 saturated heterocycles. The average molecular weight is 348 g/mol. The molecular formula is C16H24N6O3. The number of hydrogen-bond acceptors (Lipinski definition) is 8. The van der Waals surface area contributed by atoms with Crippen molar-refractivity contribution in [2.45, 2.75) is 37.4 Å². The molecule has 2 aliphatic rings. The first-order valence-electron chi connectivity index (χ1n) is 8.64. The van der Waals surface area contributed by atoms with Crippen molar-refractivity contribution < 1.29 is 14.9 Å². The Kier molecular flexibility index (Phi) is 4.34. The van der Waals surface area contributed by atoms with Crippen LogP contribution in [0.25, 0.3) is 11.0 Å². The summed E-state index contributed by atoms with van der Waals surface area (Å²) in [6, 6.07) is 0. The lowest BCUT2D eigenvalue weighted by atomic mass is 10.1. The van der Waals surface area contributed by atoms with Gasteiger partial charge >= 0.3 is 0 Å². The third kappa shape index (κ3) is 2.98. The zero-order chi connectivity index (χ0) is 17.6. The molecule has 2 fully saturated rings. The van der Waals surface area contributed by atoms with E-state index in [1.807, 2.05) is 6.20 Å². The van der Waals surface area contributed by atoms with E-state index >= 15 is 0 Å². The fraction of sp³-hybridized carbons (Fsp3) is 0.625. The van der Waals surface area contributed by atoms with Crippen molar-refractivity contribution in [2.75, 3.05) is 31.9 Å². The van der Waals surface area contributed by atoms with E-state index in [1.165, 1.54) is 6.33 Å². The maximum atomic E-state index is 10.5. The van der Waals surface area contributed by atoms with E-state index in [-0.39, 0.29) is 0 Å². The van der Waals surface area contributed by atoms with Crippen molar-refractivity contribution in [3.8, 4) is 0 Å². The minimum atomic E-state index is -1.03. The molecule has 6 N–H and O–H groups in total. The average Bonchev–Trinajstić information content (AvgIpc) is 3.28. The van der Waals surface area contributed by atoms with E-state index in [4.69, 9.17) is 16.2 Å². The summed E-state index contributed by atoms with van der Waals surface area (Å²) in [6.07, 6.45) is 1.73. The van der Waals surface area contributed by atoms with E-state index in [0.717, 1.165) is 36.9 Å². The van der Waals surface area contributed by atoms with Crippen LogP contribution in [0.2, 0.25) is 0 Å². The van der Waals surface area contributed by atoms with E-state index in [9.17, 15) is 10.2 Å². The maximum absolute atomic E-state index is 10.5. The number of fused-ring (bicyclic) bond motifs is 1. The number of rotatable bonds is 6. The molecule has 0 saturated carbocycles. The third-order valence-electron chi connectivity index (χ3n) is 4.96. The van der Waals surface area contributed by atoms with E-state index < -0.39 is 24.5 Å². The van der Waals surface area contributed by atoms with E-state index in [0.29, 0.717) is 24.6 Å². The SMILES string of the molecule is NCCCc1cn([C@@H]2O[C@H](CN3CC3)C(O)C2O)c2ncnc(N)c12. The van der Waals surface area contributed by atoms with Crippen molar-refractivity contribution in [2.24, 2.45) is 5.73 Å². The Labute approximate surface area is 145 Å². The Balaban J connectivity index is 1.69. The molecule has 0 spiro atoms. The largest absolute Gasteiger partial charge is 0.387 e. The molecule has 2 aliphatic heterocycles. The van der Waals surface area contributed by atoms with Crippen molar-refractivity contribution in [3.05, 3.63) is 18.1 Å². The number of anilines is 1. The molecule has 4 heterocycles. The molecule has 0 aromatic carbocycles. The zero-order valence-electron chi connectivity index (χ0n) is 14.0. The number of nitrogens with two attached hydrogens (primary N) is 2. The van der Waals surface area contributed by atoms with Crippen molar-refractivity contribution >= 4 is 16.9 Å². The van der Waals surface area contributed by atoms with Gasteiger partial charge in [0.25, 0.3) is 0 Å². The number of aliphatic hydroxyl groups excluding tert-OH is 2. The summed E-state index contributed by atoms with van der Waals surface area (Å²) in [6.45, 7) is 3.20. The monoisotopic (exact) mass is 348 g/mol. The van der Waals surface area contributed by atoms with Gasteiger partial charge in [-0.25, -0.2) is 9.97 Å². The molecule has 2 unspecified atom stereocenters. The van der Waals surface area contributed by atoms with Gasteiger partial charge in [-0.15, -0.1) is 0 Å². The first kappa shape index (κ1) is 16.7. The number of aromatic nitrogens is 3. The predicted molar refractivity (Wildman–Crippen MR) is 91.7 cm³/mol. The highest BCUT2D eigenvalue weighted by Gasteiger charge is 2.45. The molecule has 4 atom stereocenters. The molecule has 9 heteroatoms. The number of ether oxygens (including phenoxy) is 1. The lowest BCUT2D eigenvalue weighted by molar-refractivity contribution is -0.0373. The van der Waals surface area contributed by atoms with Gasteiger partial charge in [0.2, 0.25) is 0 Å². The molecule has 2 aromatic rings. The van der Waals surface area contributed by atoms with Crippen LogP contribution in [0.15, 0.2) is 12.5 Å². The number of nitrogens with zero attached hydrogens (tertiary/aromatic N) is 4. The van der Waals surface area contributed by atoms with Gasteiger partial charge in [0.05, 0.1) is 5.39 Å². The second-order valence-electron chi connectivity index (χ2n) is 6.76. The fourth-order valence-corrected chi connectivity index (χ4v) is 3.48. The second kappa shape index (κ2) is 6.50. The molecule has 4 rings (SSSR count). The van der Waals surface area contributed by atoms with Crippen LogP contribution in [0.1, 0.15) is 18.2 Å². The quantitative estimate of drug-likeness (QED) is 0.480. The number of nitrogen functional groups attached to an aromatic ring is 1. The molecule has 136 valence electrons. The number of hydrogen-bond donors (Lipinski definition) is 4. The summed E-state index contributed by atoms with van der Waals surface area (Å²) in [4.78, 5) is 10.6. The predicted octanol–water partition coefficient (Wildman–Crippen LogP) is -1.16. The Morgan fingerprint density at radius 2 is 2.04 bits per heavy atom. The lowest BCUT2D eigenvalue weighted by Crippen LogP contribution is -2.35. The minimum Gasteiger partial charge on any atom is -0.387 e. The molecule has 0 radical (unpaired) electrons. The molecular weight excluding hydrogens is 324 g/mol. The van der Waals surface area contributed by atoms with Gasteiger partial charge in [0, 0.05) is 25.8 Å². The third-order valence-corrected chi connectivity index (χ3v) is 4.96. The summed E-state index contributed by atoms with van der Waals surface area (Å²) in [5, 5.41) is 21.6. The number of aliphatic hydroxyl groups is 2. The van der Waals surface area contributed by atoms with Crippen molar-refractivity contribution in [3.63, 3.8) is 0 Å². The van der Waals surface area contributed by atoms with Gasteiger partial charge in [0.15, 0.2) is 6.23 Å². The van der Waals surface area contributed by atoms with Gasteiger partial charge in [-0.05, 0) is 24.9 Å². The summed E-state index contributed by atoms with van der Waals surface area (Å²) in [5.41, 5.74) is 13.2. The summed E-state index contributed by atoms with van der Waals surface area (Å²) in [5.74, 6) is 0.393. The summed E-state index contributed by atoms with van der Waals surface area (Å²) in [7, 11) is 0. The fourth-order valence-electron chi connectivity index (χ4n) is 3.48.